The van der Waals surface area contributed by atoms with Crippen LogP contribution in [0.25, 0.3) is 0 Å². The zero-order valence-electron chi connectivity index (χ0n) is 12.2. The first-order valence-corrected chi connectivity index (χ1v) is 6.40. The number of aromatic nitrogens is 2. The maximum absolute atomic E-state index is 11.2. The molecule has 0 saturated carbocycles. The molecule has 0 amide bonds. The molecule has 20 heavy (non-hydrogen) atoms. The van der Waals surface area contributed by atoms with Crippen LogP contribution >= 0.6 is 0 Å². The highest BCUT2D eigenvalue weighted by Crippen LogP contribution is 2.18. The number of nitrogens with zero attached hydrogens (tertiary/aromatic N) is 2. The van der Waals surface area contributed by atoms with E-state index in [1.807, 2.05) is 13.8 Å². The number of carboxylic acid groups (broad SMARTS) is 1. The molecular formula is C13H21N3O4. The van der Waals surface area contributed by atoms with Crippen molar-refractivity contribution in [3.05, 3.63) is 6.07 Å². The van der Waals surface area contributed by atoms with Crippen LogP contribution in [0.2, 0.25) is 0 Å². The Morgan fingerprint density at radius 2 is 1.85 bits per heavy atom. The van der Waals surface area contributed by atoms with E-state index < -0.39 is 11.9 Å². The molecule has 7 nitrogen and oxygen atoms in total. The molecule has 1 heterocycles. The summed E-state index contributed by atoms with van der Waals surface area (Å²) in [6, 6.07) is 1.55. The number of hydrogen-bond acceptors (Lipinski definition) is 6. The van der Waals surface area contributed by atoms with Crippen LogP contribution in [0.3, 0.4) is 0 Å². The lowest BCUT2D eigenvalue weighted by molar-refractivity contribution is -0.141. The fourth-order valence-electron chi connectivity index (χ4n) is 1.75. The van der Waals surface area contributed by atoms with E-state index in [1.54, 1.807) is 6.07 Å². The molecule has 2 N–H and O–H groups in total. The van der Waals surface area contributed by atoms with Gasteiger partial charge in [-0.2, -0.15) is 9.97 Å². The highest BCUT2D eigenvalue weighted by molar-refractivity contribution is 5.70. The van der Waals surface area contributed by atoms with E-state index in [2.05, 4.69) is 15.3 Å². The summed E-state index contributed by atoms with van der Waals surface area (Å²) in [4.78, 5) is 19.4. The van der Waals surface area contributed by atoms with Crippen LogP contribution in [0.5, 0.6) is 11.8 Å². The van der Waals surface area contributed by atoms with Crippen molar-refractivity contribution in [3.63, 3.8) is 0 Å². The molecule has 0 saturated heterocycles. The quantitative estimate of drug-likeness (QED) is 0.749. The molecule has 1 aromatic rings. The fourth-order valence-corrected chi connectivity index (χ4v) is 1.75. The fraction of sp³-hybridized carbons (Fsp3) is 0.615. The van der Waals surface area contributed by atoms with Crippen molar-refractivity contribution in [2.24, 2.45) is 11.8 Å². The van der Waals surface area contributed by atoms with E-state index in [0.29, 0.717) is 24.1 Å². The highest BCUT2D eigenvalue weighted by atomic mass is 16.5. The average Bonchev–Trinajstić information content (AvgIpc) is 2.42. The molecule has 0 radical (unpaired) electrons. The number of nitrogens with one attached hydrogen (secondary N) is 1. The third-order valence-corrected chi connectivity index (χ3v) is 2.71. The second kappa shape index (κ2) is 7.52. The number of anilines is 1. The SMILES string of the molecule is COc1cc(OC)nc(NCC(CC(C)C)C(=O)O)n1. The van der Waals surface area contributed by atoms with Crippen LogP contribution in [0.1, 0.15) is 20.3 Å². The van der Waals surface area contributed by atoms with Crippen LogP contribution < -0.4 is 14.8 Å². The second-order valence-corrected chi connectivity index (χ2v) is 4.82. The van der Waals surface area contributed by atoms with Crippen molar-refractivity contribution in [2.75, 3.05) is 26.1 Å². The monoisotopic (exact) mass is 283 g/mol. The molecule has 0 aliphatic carbocycles. The number of aliphatic carboxylic acids is 1. The summed E-state index contributed by atoms with van der Waals surface area (Å²) in [6.45, 7) is 4.23. The highest BCUT2D eigenvalue weighted by Gasteiger charge is 2.19. The smallest absolute Gasteiger partial charge is 0.308 e. The van der Waals surface area contributed by atoms with Gasteiger partial charge in [-0.25, -0.2) is 0 Å². The Hall–Kier alpha value is -2.05. The summed E-state index contributed by atoms with van der Waals surface area (Å²) in [5.74, 6) is -0.0168. The van der Waals surface area contributed by atoms with Gasteiger partial charge in [-0.05, 0) is 12.3 Å². The van der Waals surface area contributed by atoms with Crippen LogP contribution in [-0.4, -0.2) is 41.8 Å². The minimum absolute atomic E-state index is 0.254. The number of carbonyl (C=O) groups is 1. The van der Waals surface area contributed by atoms with Gasteiger partial charge in [0.25, 0.3) is 0 Å². The molecular weight excluding hydrogens is 262 g/mol. The predicted octanol–water partition coefficient (Wildman–Crippen LogP) is 1.65. The number of ether oxygens (including phenoxy) is 2. The summed E-state index contributed by atoms with van der Waals surface area (Å²) >= 11 is 0. The van der Waals surface area contributed by atoms with Crippen LogP contribution in [-0.2, 0) is 4.79 Å². The maximum Gasteiger partial charge on any atom is 0.308 e. The molecule has 0 bridgehead atoms. The minimum atomic E-state index is -0.832. The normalized spacial score (nSPS) is 12.1. The van der Waals surface area contributed by atoms with Crippen LogP contribution in [0.4, 0.5) is 5.95 Å². The first-order valence-electron chi connectivity index (χ1n) is 6.40. The molecule has 0 aliphatic rings. The molecule has 1 aromatic heterocycles. The van der Waals surface area contributed by atoms with Gasteiger partial charge in [0, 0.05) is 6.54 Å². The Balaban J connectivity index is 2.74. The van der Waals surface area contributed by atoms with E-state index in [0.717, 1.165) is 0 Å². The standard InChI is InChI=1S/C13H21N3O4/c1-8(2)5-9(12(17)18)7-14-13-15-10(19-3)6-11(16-13)20-4/h6,8-9H,5,7H2,1-4H3,(H,17,18)(H,14,15,16). The molecule has 1 atom stereocenters. The number of methoxy groups -OCH3 is 2. The average molecular weight is 283 g/mol. The van der Waals surface area contributed by atoms with Gasteiger partial charge in [0.2, 0.25) is 17.7 Å². The summed E-state index contributed by atoms with van der Waals surface area (Å²) in [7, 11) is 2.98. The van der Waals surface area contributed by atoms with E-state index >= 15 is 0 Å². The summed E-state index contributed by atoms with van der Waals surface area (Å²) in [5.41, 5.74) is 0. The van der Waals surface area contributed by atoms with Crippen LogP contribution in [0, 0.1) is 11.8 Å². The Kier molecular flexibility index (Phi) is 6.02. The largest absolute Gasteiger partial charge is 0.481 e. The Labute approximate surface area is 118 Å². The molecule has 0 spiro atoms. The lowest BCUT2D eigenvalue weighted by Crippen LogP contribution is -2.25. The number of carboxylic acids is 1. The van der Waals surface area contributed by atoms with Gasteiger partial charge in [0.05, 0.1) is 26.2 Å². The second-order valence-electron chi connectivity index (χ2n) is 4.82. The van der Waals surface area contributed by atoms with Gasteiger partial charge < -0.3 is 19.9 Å². The molecule has 1 unspecified atom stereocenters. The molecule has 112 valence electrons. The summed E-state index contributed by atoms with van der Waals surface area (Å²) in [5, 5.41) is 12.1. The third-order valence-electron chi connectivity index (χ3n) is 2.71. The van der Waals surface area contributed by atoms with Crippen molar-refractivity contribution in [3.8, 4) is 11.8 Å². The first-order chi connectivity index (χ1) is 9.46. The predicted molar refractivity (Wildman–Crippen MR) is 74.2 cm³/mol. The minimum Gasteiger partial charge on any atom is -0.481 e. The topological polar surface area (TPSA) is 93.6 Å². The molecule has 7 heteroatoms. The van der Waals surface area contributed by atoms with Gasteiger partial charge in [0.15, 0.2) is 0 Å². The first kappa shape index (κ1) is 16.0. The van der Waals surface area contributed by atoms with Crippen molar-refractivity contribution in [1.82, 2.24) is 9.97 Å². The molecule has 0 aromatic carbocycles. The van der Waals surface area contributed by atoms with Crippen molar-refractivity contribution in [2.45, 2.75) is 20.3 Å². The lowest BCUT2D eigenvalue weighted by atomic mass is 9.97. The number of rotatable bonds is 8. The molecule has 0 fully saturated rings. The molecule has 0 aliphatic heterocycles. The van der Waals surface area contributed by atoms with Gasteiger partial charge in [-0.3, -0.25) is 4.79 Å². The Morgan fingerprint density at radius 1 is 1.30 bits per heavy atom. The van der Waals surface area contributed by atoms with Crippen molar-refractivity contribution in [1.29, 1.82) is 0 Å². The van der Waals surface area contributed by atoms with Gasteiger partial charge in [-0.1, -0.05) is 13.8 Å². The van der Waals surface area contributed by atoms with Gasteiger partial charge in [0.1, 0.15) is 0 Å². The zero-order chi connectivity index (χ0) is 15.1. The van der Waals surface area contributed by atoms with Crippen molar-refractivity contribution >= 4 is 11.9 Å². The van der Waals surface area contributed by atoms with Crippen LogP contribution in [0.15, 0.2) is 6.07 Å². The van der Waals surface area contributed by atoms with E-state index in [9.17, 15) is 9.90 Å². The maximum atomic E-state index is 11.2. The van der Waals surface area contributed by atoms with Gasteiger partial charge in [-0.15, -0.1) is 0 Å². The van der Waals surface area contributed by atoms with E-state index in [4.69, 9.17) is 9.47 Å². The lowest BCUT2D eigenvalue weighted by Gasteiger charge is -2.15. The molecule has 1 rings (SSSR count). The van der Waals surface area contributed by atoms with E-state index in [-0.39, 0.29) is 12.5 Å². The third kappa shape index (κ3) is 4.91. The number of hydrogen-bond donors (Lipinski definition) is 2. The summed E-state index contributed by atoms with van der Waals surface area (Å²) in [6.07, 6.45) is 0.587. The van der Waals surface area contributed by atoms with Crippen molar-refractivity contribution < 1.29 is 19.4 Å². The summed E-state index contributed by atoms with van der Waals surface area (Å²) < 4.78 is 10.1. The zero-order valence-corrected chi connectivity index (χ0v) is 12.2. The Bertz CT molecular complexity index is 429. The van der Waals surface area contributed by atoms with E-state index in [1.165, 1.54) is 14.2 Å². The van der Waals surface area contributed by atoms with Gasteiger partial charge >= 0.3 is 5.97 Å². The Morgan fingerprint density at radius 3 is 2.25 bits per heavy atom.